The van der Waals surface area contributed by atoms with E-state index in [4.69, 9.17) is 5.11 Å². The molecule has 0 unspecified atom stereocenters. The molecule has 1 aliphatic heterocycles. The van der Waals surface area contributed by atoms with Gasteiger partial charge in [-0.2, -0.15) is 13.2 Å². The van der Waals surface area contributed by atoms with Crippen molar-refractivity contribution in [1.29, 1.82) is 0 Å². The second-order valence-corrected chi connectivity index (χ2v) is 5.39. The van der Waals surface area contributed by atoms with Crippen LogP contribution in [0.1, 0.15) is 11.1 Å². The summed E-state index contributed by atoms with van der Waals surface area (Å²) in [5.41, 5.74) is -0.0168. The van der Waals surface area contributed by atoms with Gasteiger partial charge in [0.05, 0.1) is 17.8 Å². The largest absolute Gasteiger partial charge is 0.416 e. The lowest BCUT2D eigenvalue weighted by atomic mass is 9.93. The minimum absolute atomic E-state index is 0.221. The molecular weight excluding hydrogens is 287 g/mol. The first-order chi connectivity index (χ1) is 9.81. The first-order valence-corrected chi connectivity index (χ1v) is 6.66. The summed E-state index contributed by atoms with van der Waals surface area (Å²) in [4.78, 5) is 1.81. The van der Waals surface area contributed by atoms with Crippen LogP contribution in [-0.2, 0) is 12.7 Å². The zero-order chi connectivity index (χ0) is 15.6. The van der Waals surface area contributed by atoms with Crippen molar-refractivity contribution in [3.05, 3.63) is 35.4 Å². The quantitative estimate of drug-likeness (QED) is 0.775. The van der Waals surface area contributed by atoms with E-state index in [1.807, 2.05) is 0 Å². The minimum atomic E-state index is -4.36. The first-order valence-electron chi connectivity index (χ1n) is 6.66. The summed E-state index contributed by atoms with van der Waals surface area (Å²) in [6, 6.07) is 4.84. The van der Waals surface area contributed by atoms with Gasteiger partial charge in [0.1, 0.15) is 0 Å². The van der Waals surface area contributed by atoms with Crippen molar-refractivity contribution < 1.29 is 28.5 Å². The van der Waals surface area contributed by atoms with Gasteiger partial charge in [-0.3, -0.25) is 4.90 Å². The Labute approximate surface area is 120 Å². The second-order valence-electron chi connectivity index (χ2n) is 5.39. The van der Waals surface area contributed by atoms with Gasteiger partial charge in [0.2, 0.25) is 0 Å². The van der Waals surface area contributed by atoms with E-state index in [2.05, 4.69) is 0 Å². The number of β-amino-alcohol motifs (C(OH)–C–C–N with tert-alkyl or cyclic N) is 1. The summed E-state index contributed by atoms with van der Waals surface area (Å²) in [6.07, 6.45) is -6.30. The number of hydrogen-bond acceptors (Lipinski definition) is 4. The first kappa shape index (κ1) is 16.2. The maximum absolute atomic E-state index is 12.5. The molecule has 7 heteroatoms. The van der Waals surface area contributed by atoms with Gasteiger partial charge in [0.15, 0.2) is 0 Å². The highest BCUT2D eigenvalue weighted by molar-refractivity contribution is 5.24. The highest BCUT2D eigenvalue weighted by Crippen LogP contribution is 2.29. The van der Waals surface area contributed by atoms with E-state index in [0.717, 1.165) is 12.1 Å². The highest BCUT2D eigenvalue weighted by atomic mass is 19.4. The molecule has 118 valence electrons. The second kappa shape index (κ2) is 6.31. The van der Waals surface area contributed by atoms with Crippen molar-refractivity contribution >= 4 is 0 Å². The summed E-state index contributed by atoms with van der Waals surface area (Å²) < 4.78 is 37.4. The van der Waals surface area contributed by atoms with E-state index >= 15 is 0 Å². The molecule has 1 aromatic rings. The average molecular weight is 305 g/mol. The number of aliphatic hydroxyl groups is 3. The van der Waals surface area contributed by atoms with Crippen LogP contribution in [0.4, 0.5) is 13.2 Å². The van der Waals surface area contributed by atoms with Crippen molar-refractivity contribution in [3.63, 3.8) is 0 Å². The predicted octanol–water partition coefficient (Wildman–Crippen LogP) is 0.851. The summed E-state index contributed by atoms with van der Waals surface area (Å²) in [5.74, 6) is -0.455. The van der Waals surface area contributed by atoms with Gasteiger partial charge >= 0.3 is 6.18 Å². The number of hydrogen-bond donors (Lipinski definition) is 3. The van der Waals surface area contributed by atoms with Gasteiger partial charge in [-0.1, -0.05) is 12.1 Å². The molecule has 1 saturated heterocycles. The van der Waals surface area contributed by atoms with Crippen LogP contribution in [0.25, 0.3) is 0 Å². The number of alkyl halides is 3. The monoisotopic (exact) mass is 305 g/mol. The summed E-state index contributed by atoms with van der Waals surface area (Å²) in [7, 11) is 0. The topological polar surface area (TPSA) is 63.9 Å². The van der Waals surface area contributed by atoms with Crippen LogP contribution in [0.3, 0.4) is 0 Å². The molecule has 1 heterocycles. The SMILES string of the molecule is OC[C@H]1CN(Cc2ccc(C(F)(F)F)cc2)C[C@@H](O)[C@@H]1O. The molecule has 21 heavy (non-hydrogen) atoms. The number of halogens is 3. The Hall–Kier alpha value is -1.15. The lowest BCUT2D eigenvalue weighted by Crippen LogP contribution is -2.53. The molecule has 0 radical (unpaired) electrons. The third-order valence-electron chi connectivity index (χ3n) is 3.74. The molecule has 1 aliphatic rings. The van der Waals surface area contributed by atoms with E-state index in [0.29, 0.717) is 18.7 Å². The van der Waals surface area contributed by atoms with Crippen LogP contribution in [0.2, 0.25) is 0 Å². The van der Waals surface area contributed by atoms with Crippen LogP contribution in [-0.4, -0.2) is 52.1 Å². The van der Waals surface area contributed by atoms with Crippen molar-refractivity contribution in [2.24, 2.45) is 5.92 Å². The Morgan fingerprint density at radius 3 is 2.24 bits per heavy atom. The zero-order valence-corrected chi connectivity index (χ0v) is 11.3. The molecule has 0 aromatic heterocycles. The maximum atomic E-state index is 12.5. The van der Waals surface area contributed by atoms with E-state index in [-0.39, 0.29) is 13.2 Å². The Bertz CT molecular complexity index is 464. The van der Waals surface area contributed by atoms with Gasteiger partial charge in [0.25, 0.3) is 0 Å². The smallest absolute Gasteiger partial charge is 0.396 e. The van der Waals surface area contributed by atoms with Crippen molar-refractivity contribution in [3.8, 4) is 0 Å². The Kier molecular flexibility index (Phi) is 4.88. The number of likely N-dealkylation sites (tertiary alicyclic amines) is 1. The average Bonchev–Trinajstić information content (AvgIpc) is 2.42. The number of rotatable bonds is 3. The highest BCUT2D eigenvalue weighted by Gasteiger charge is 2.34. The standard InChI is InChI=1S/C14H18F3NO3/c15-14(16,17)11-3-1-9(2-4-11)5-18-6-10(8-19)13(21)12(20)7-18/h1-4,10,12-13,19-21H,5-8H2/t10-,12-,13-/m1/s1. The number of piperidine rings is 1. The van der Waals surface area contributed by atoms with E-state index in [1.54, 1.807) is 4.90 Å². The fourth-order valence-corrected chi connectivity index (χ4v) is 2.55. The molecule has 0 saturated carbocycles. The van der Waals surface area contributed by atoms with Crippen LogP contribution in [0, 0.1) is 5.92 Å². The Morgan fingerprint density at radius 1 is 1.10 bits per heavy atom. The van der Waals surface area contributed by atoms with Crippen molar-refractivity contribution in [2.45, 2.75) is 24.9 Å². The number of benzene rings is 1. The Morgan fingerprint density at radius 2 is 1.71 bits per heavy atom. The third kappa shape index (κ3) is 3.94. The third-order valence-corrected chi connectivity index (χ3v) is 3.74. The molecule has 0 aliphatic carbocycles. The summed E-state index contributed by atoms with van der Waals surface area (Å²) in [6.45, 7) is 0.717. The van der Waals surface area contributed by atoms with Gasteiger partial charge in [-0.05, 0) is 17.7 Å². The maximum Gasteiger partial charge on any atom is 0.416 e. The fraction of sp³-hybridized carbons (Fsp3) is 0.571. The number of aliphatic hydroxyl groups excluding tert-OH is 3. The fourth-order valence-electron chi connectivity index (χ4n) is 2.55. The normalized spacial score (nSPS) is 27.8. The molecule has 0 spiro atoms. The molecule has 3 atom stereocenters. The van der Waals surface area contributed by atoms with Crippen LogP contribution < -0.4 is 0 Å². The van der Waals surface area contributed by atoms with Gasteiger partial charge in [-0.15, -0.1) is 0 Å². The minimum Gasteiger partial charge on any atom is -0.396 e. The molecule has 2 rings (SSSR count). The van der Waals surface area contributed by atoms with Crippen molar-refractivity contribution in [1.82, 2.24) is 4.90 Å². The van der Waals surface area contributed by atoms with Crippen LogP contribution in [0.15, 0.2) is 24.3 Å². The molecule has 4 nitrogen and oxygen atoms in total. The lowest BCUT2D eigenvalue weighted by molar-refractivity contribution is -0.137. The van der Waals surface area contributed by atoms with Gasteiger partial charge in [0, 0.05) is 32.2 Å². The molecular formula is C14H18F3NO3. The van der Waals surface area contributed by atoms with Gasteiger partial charge in [-0.25, -0.2) is 0 Å². The molecule has 1 aromatic carbocycles. The molecule has 1 fully saturated rings. The van der Waals surface area contributed by atoms with Crippen LogP contribution >= 0.6 is 0 Å². The molecule has 0 amide bonds. The van der Waals surface area contributed by atoms with Crippen molar-refractivity contribution in [2.75, 3.05) is 19.7 Å². The predicted molar refractivity (Wildman–Crippen MR) is 69.3 cm³/mol. The zero-order valence-electron chi connectivity index (χ0n) is 11.3. The Balaban J connectivity index is 2.01. The van der Waals surface area contributed by atoms with Gasteiger partial charge < -0.3 is 15.3 Å². The molecule has 0 bridgehead atoms. The lowest BCUT2D eigenvalue weighted by Gasteiger charge is -2.38. The number of nitrogens with zero attached hydrogens (tertiary/aromatic N) is 1. The van der Waals surface area contributed by atoms with E-state index < -0.39 is 29.9 Å². The summed E-state index contributed by atoms with van der Waals surface area (Å²) in [5, 5.41) is 28.6. The van der Waals surface area contributed by atoms with E-state index in [9.17, 15) is 23.4 Å². The molecule has 3 N–H and O–H groups in total. The summed E-state index contributed by atoms with van der Waals surface area (Å²) >= 11 is 0. The van der Waals surface area contributed by atoms with E-state index in [1.165, 1.54) is 12.1 Å². The van der Waals surface area contributed by atoms with Crippen LogP contribution in [0.5, 0.6) is 0 Å².